The van der Waals surface area contributed by atoms with Crippen LogP contribution in [0, 0.1) is 17.7 Å². The number of piperazine rings is 1. The first-order valence-corrected chi connectivity index (χ1v) is 11.2. The van der Waals surface area contributed by atoms with E-state index in [4.69, 9.17) is 5.21 Å². The third-order valence-corrected chi connectivity index (χ3v) is 6.33. The van der Waals surface area contributed by atoms with E-state index >= 15 is 0 Å². The van der Waals surface area contributed by atoms with Crippen molar-refractivity contribution in [2.75, 3.05) is 19.6 Å². The maximum Gasteiger partial charge on any atom is 0.272 e. The van der Waals surface area contributed by atoms with Gasteiger partial charge in [0, 0.05) is 19.6 Å². The molecule has 2 aromatic carbocycles. The van der Waals surface area contributed by atoms with Crippen LogP contribution in [-0.4, -0.2) is 52.8 Å². The number of carbonyl (C=O) groups excluding carboxylic acids is 2. The van der Waals surface area contributed by atoms with Gasteiger partial charge in [-0.2, -0.15) is 0 Å². The van der Waals surface area contributed by atoms with Gasteiger partial charge in [-0.05, 0) is 48.1 Å². The lowest BCUT2D eigenvalue weighted by atomic mass is 9.83. The van der Waals surface area contributed by atoms with Crippen LogP contribution in [-0.2, 0) is 15.1 Å². The number of aliphatic hydroxyl groups is 1. The summed E-state index contributed by atoms with van der Waals surface area (Å²) in [5.74, 6) is -2.53. The second-order valence-corrected chi connectivity index (χ2v) is 9.18. The van der Waals surface area contributed by atoms with Gasteiger partial charge in [-0.3, -0.25) is 14.8 Å². The second-order valence-electron chi connectivity index (χ2n) is 9.18. The van der Waals surface area contributed by atoms with Crippen LogP contribution in [0.5, 0.6) is 0 Å². The van der Waals surface area contributed by atoms with Crippen LogP contribution in [0.4, 0.5) is 4.39 Å². The Morgan fingerprint density at radius 1 is 1.12 bits per heavy atom. The summed E-state index contributed by atoms with van der Waals surface area (Å²) < 4.78 is 13.3. The molecule has 0 aliphatic carbocycles. The fraction of sp³-hybridized carbons (Fsp3) is 0.440. The van der Waals surface area contributed by atoms with Crippen molar-refractivity contribution in [3.05, 3.63) is 59.9 Å². The summed E-state index contributed by atoms with van der Waals surface area (Å²) in [4.78, 5) is 27.3. The molecule has 178 valence electrons. The summed E-state index contributed by atoms with van der Waals surface area (Å²) in [7, 11) is 0. The standard InChI is InChI=1S/C25H32FN3O4/c1-16(2)14-21(22(30)23(31)28-33)24(32)29-13-12-27-15-25(29,3)19-8-4-17(5-9-19)18-6-10-20(26)11-7-18/h4-11,16,21-22,27,30,33H,12-15H2,1-3H3,(H,28,31)/t21-,22-,25-/m0/s1. The first kappa shape index (κ1) is 24.8. The number of hydrogen-bond donors (Lipinski definition) is 4. The van der Waals surface area contributed by atoms with Gasteiger partial charge < -0.3 is 15.3 Å². The van der Waals surface area contributed by atoms with Gasteiger partial charge >= 0.3 is 0 Å². The highest BCUT2D eigenvalue weighted by atomic mass is 19.1. The highest BCUT2D eigenvalue weighted by Gasteiger charge is 2.44. The fourth-order valence-electron chi connectivity index (χ4n) is 4.46. The predicted octanol–water partition coefficient (Wildman–Crippen LogP) is 2.67. The smallest absolute Gasteiger partial charge is 0.272 e. The van der Waals surface area contributed by atoms with Gasteiger partial charge in [-0.15, -0.1) is 0 Å². The van der Waals surface area contributed by atoms with Crippen LogP contribution in [0.1, 0.15) is 32.8 Å². The second kappa shape index (κ2) is 10.4. The average Bonchev–Trinajstić information content (AvgIpc) is 2.82. The van der Waals surface area contributed by atoms with Gasteiger partial charge in [0.1, 0.15) is 11.9 Å². The van der Waals surface area contributed by atoms with Crippen molar-refractivity contribution in [3.8, 4) is 11.1 Å². The van der Waals surface area contributed by atoms with Crippen LogP contribution in [0.3, 0.4) is 0 Å². The minimum atomic E-state index is -1.65. The summed E-state index contributed by atoms with van der Waals surface area (Å²) in [5, 5.41) is 22.8. The van der Waals surface area contributed by atoms with Gasteiger partial charge in [0.25, 0.3) is 5.91 Å². The van der Waals surface area contributed by atoms with E-state index in [1.165, 1.54) is 17.6 Å². The summed E-state index contributed by atoms with van der Waals surface area (Å²) in [6.07, 6.45) is -1.35. The van der Waals surface area contributed by atoms with Gasteiger partial charge in [-0.25, -0.2) is 9.87 Å². The van der Waals surface area contributed by atoms with Crippen LogP contribution < -0.4 is 10.8 Å². The van der Waals surface area contributed by atoms with Gasteiger partial charge in [0.15, 0.2) is 0 Å². The Morgan fingerprint density at radius 3 is 2.24 bits per heavy atom. The number of amides is 2. The number of halogens is 1. The van der Waals surface area contributed by atoms with Crippen LogP contribution in [0.25, 0.3) is 11.1 Å². The summed E-state index contributed by atoms with van der Waals surface area (Å²) in [6, 6.07) is 14.0. The quantitative estimate of drug-likeness (QED) is 0.378. The zero-order valence-corrected chi connectivity index (χ0v) is 19.2. The minimum Gasteiger partial charge on any atom is -0.382 e. The molecule has 0 spiro atoms. The lowest BCUT2D eigenvalue weighted by Crippen LogP contribution is -2.62. The van der Waals surface area contributed by atoms with Crippen molar-refractivity contribution in [1.29, 1.82) is 0 Å². The molecule has 0 bridgehead atoms. The molecular formula is C25H32FN3O4. The topological polar surface area (TPSA) is 102 Å². The van der Waals surface area contributed by atoms with Crippen molar-refractivity contribution in [2.24, 2.45) is 11.8 Å². The molecule has 33 heavy (non-hydrogen) atoms. The number of aliphatic hydroxyl groups excluding tert-OH is 1. The molecular weight excluding hydrogens is 425 g/mol. The Morgan fingerprint density at radius 2 is 1.70 bits per heavy atom. The van der Waals surface area contributed by atoms with E-state index in [1.807, 2.05) is 45.0 Å². The summed E-state index contributed by atoms with van der Waals surface area (Å²) in [5.41, 5.74) is 3.47. The van der Waals surface area contributed by atoms with Crippen LogP contribution in [0.2, 0.25) is 0 Å². The largest absolute Gasteiger partial charge is 0.382 e. The predicted molar refractivity (Wildman–Crippen MR) is 123 cm³/mol. The first-order valence-electron chi connectivity index (χ1n) is 11.2. The third-order valence-electron chi connectivity index (χ3n) is 6.33. The van der Waals surface area contributed by atoms with Crippen molar-refractivity contribution in [2.45, 2.75) is 38.8 Å². The van der Waals surface area contributed by atoms with E-state index in [0.29, 0.717) is 26.1 Å². The number of rotatable bonds is 7. The number of hydroxylamine groups is 1. The molecule has 0 aromatic heterocycles. The molecule has 1 heterocycles. The zero-order valence-electron chi connectivity index (χ0n) is 19.2. The SMILES string of the molecule is CC(C)C[C@H](C(=O)N1CCNC[C@@]1(C)c1ccc(-c2ccc(F)cc2)cc1)[C@H](O)C(=O)NO. The number of benzene rings is 2. The van der Waals surface area contributed by atoms with Crippen LogP contribution >= 0.6 is 0 Å². The van der Waals surface area contributed by atoms with Crippen LogP contribution in [0.15, 0.2) is 48.5 Å². The summed E-state index contributed by atoms with van der Waals surface area (Å²) in [6.45, 7) is 7.28. The first-order chi connectivity index (χ1) is 15.7. The summed E-state index contributed by atoms with van der Waals surface area (Å²) >= 11 is 0. The van der Waals surface area contributed by atoms with E-state index in [9.17, 15) is 19.1 Å². The normalized spacial score (nSPS) is 20.4. The number of nitrogens with one attached hydrogen (secondary N) is 2. The van der Waals surface area contributed by atoms with Gasteiger partial charge in [0.05, 0.1) is 11.5 Å². The molecule has 1 aliphatic rings. The minimum absolute atomic E-state index is 0.0595. The van der Waals surface area contributed by atoms with E-state index in [0.717, 1.165) is 16.7 Å². The number of nitrogens with zero attached hydrogens (tertiary/aromatic N) is 1. The molecule has 4 N–H and O–H groups in total. The van der Waals surface area contributed by atoms with E-state index in [-0.39, 0.29) is 17.6 Å². The van der Waals surface area contributed by atoms with E-state index < -0.39 is 23.5 Å². The Kier molecular flexibility index (Phi) is 7.84. The Balaban J connectivity index is 1.91. The maximum atomic E-state index is 13.6. The third kappa shape index (κ3) is 5.40. The van der Waals surface area contributed by atoms with Crippen molar-refractivity contribution < 1.29 is 24.3 Å². The maximum absolute atomic E-state index is 13.6. The molecule has 3 rings (SSSR count). The molecule has 2 aromatic rings. The lowest BCUT2D eigenvalue weighted by molar-refractivity contribution is -0.155. The number of carbonyl (C=O) groups is 2. The monoisotopic (exact) mass is 457 g/mol. The molecule has 2 amide bonds. The zero-order chi connectivity index (χ0) is 24.2. The molecule has 0 saturated carbocycles. The fourth-order valence-corrected chi connectivity index (χ4v) is 4.46. The molecule has 1 fully saturated rings. The molecule has 1 saturated heterocycles. The van der Waals surface area contributed by atoms with Gasteiger partial charge in [-0.1, -0.05) is 50.2 Å². The molecule has 3 atom stereocenters. The highest BCUT2D eigenvalue weighted by Crippen LogP contribution is 2.34. The average molecular weight is 458 g/mol. The van der Waals surface area contributed by atoms with Crippen molar-refractivity contribution >= 4 is 11.8 Å². The molecule has 1 aliphatic heterocycles. The Bertz CT molecular complexity index is 965. The Labute approximate surface area is 193 Å². The van der Waals surface area contributed by atoms with Crippen molar-refractivity contribution in [1.82, 2.24) is 15.7 Å². The molecule has 0 radical (unpaired) electrons. The molecule has 8 heteroatoms. The molecule has 7 nitrogen and oxygen atoms in total. The Hall–Kier alpha value is -2.81. The highest BCUT2D eigenvalue weighted by molar-refractivity contribution is 5.89. The molecule has 0 unspecified atom stereocenters. The van der Waals surface area contributed by atoms with E-state index in [2.05, 4.69) is 5.32 Å². The lowest BCUT2D eigenvalue weighted by Gasteiger charge is -2.47. The van der Waals surface area contributed by atoms with E-state index in [1.54, 1.807) is 17.0 Å². The van der Waals surface area contributed by atoms with Gasteiger partial charge in [0.2, 0.25) is 5.91 Å². The van der Waals surface area contributed by atoms with Crippen molar-refractivity contribution in [3.63, 3.8) is 0 Å². The number of hydrogen-bond acceptors (Lipinski definition) is 5.